The van der Waals surface area contributed by atoms with Crippen LogP contribution in [0.3, 0.4) is 0 Å². The van der Waals surface area contributed by atoms with Gasteiger partial charge in [0.1, 0.15) is 5.70 Å². The van der Waals surface area contributed by atoms with Gasteiger partial charge in [-0.15, -0.1) is 0 Å². The molecule has 2 amide bonds. The highest BCUT2D eigenvalue weighted by Gasteiger charge is 2.30. The van der Waals surface area contributed by atoms with Crippen LogP contribution in [0.2, 0.25) is 0 Å². The molecule has 2 heterocycles. The van der Waals surface area contributed by atoms with Crippen LogP contribution >= 0.6 is 0 Å². The fourth-order valence-electron chi connectivity index (χ4n) is 2.05. The molecule has 0 fully saturated rings. The number of hydrogen-bond acceptors (Lipinski definition) is 6. The normalized spacial score (nSPS) is 15.1. The summed E-state index contributed by atoms with van der Waals surface area (Å²) < 4.78 is 5.11. The first-order chi connectivity index (χ1) is 9.70. The minimum Gasteiger partial charge on any atom is -0.395 e. The summed E-state index contributed by atoms with van der Waals surface area (Å²) in [5.41, 5.74) is 1.21. The molecular formula is C13H11N3O4. The molecule has 0 radical (unpaired) electrons. The van der Waals surface area contributed by atoms with E-state index in [9.17, 15) is 9.59 Å². The van der Waals surface area contributed by atoms with E-state index in [-0.39, 0.29) is 18.8 Å². The van der Waals surface area contributed by atoms with Crippen LogP contribution in [0.1, 0.15) is 0 Å². The summed E-state index contributed by atoms with van der Waals surface area (Å²) in [5, 5.41) is 16.2. The average molecular weight is 273 g/mol. The summed E-state index contributed by atoms with van der Waals surface area (Å²) in [6, 6.07) is 5.33. The van der Waals surface area contributed by atoms with Crippen molar-refractivity contribution in [3.05, 3.63) is 36.2 Å². The zero-order valence-corrected chi connectivity index (χ0v) is 10.4. The van der Waals surface area contributed by atoms with Gasteiger partial charge in [-0.05, 0) is 12.1 Å². The third-order valence-electron chi connectivity index (χ3n) is 2.98. The summed E-state index contributed by atoms with van der Waals surface area (Å²) in [7, 11) is 0. The standard InChI is InChI=1S/C13H11N3O4/c17-5-4-16-11(18)6-10(13(16)19)15-9-3-1-2-8-7-14-20-12(8)9/h1-3,6-7,15,17H,4-5H2. The van der Waals surface area contributed by atoms with Gasteiger partial charge in [-0.3, -0.25) is 14.5 Å². The Bertz CT molecular complexity index is 719. The summed E-state index contributed by atoms with van der Waals surface area (Å²) in [6.45, 7) is -0.290. The van der Waals surface area contributed by atoms with E-state index < -0.39 is 11.8 Å². The minimum absolute atomic E-state index is 0.0220. The zero-order valence-electron chi connectivity index (χ0n) is 10.4. The maximum Gasteiger partial charge on any atom is 0.277 e. The van der Waals surface area contributed by atoms with Crippen molar-refractivity contribution in [1.29, 1.82) is 0 Å². The van der Waals surface area contributed by atoms with E-state index in [4.69, 9.17) is 9.63 Å². The van der Waals surface area contributed by atoms with E-state index in [0.29, 0.717) is 11.3 Å². The van der Waals surface area contributed by atoms with Crippen LogP contribution < -0.4 is 5.32 Å². The Labute approximate surface area is 113 Å². The van der Waals surface area contributed by atoms with Gasteiger partial charge in [0.2, 0.25) is 0 Å². The number of β-amino-alcohol motifs (C(OH)–C–C–N with tert-alkyl or cyclic N) is 1. The number of para-hydroxylation sites is 1. The van der Waals surface area contributed by atoms with E-state index >= 15 is 0 Å². The number of anilines is 1. The fourth-order valence-corrected chi connectivity index (χ4v) is 2.05. The second-order valence-electron chi connectivity index (χ2n) is 4.25. The number of benzene rings is 1. The molecule has 2 aromatic rings. The monoisotopic (exact) mass is 273 g/mol. The van der Waals surface area contributed by atoms with Crippen molar-refractivity contribution >= 4 is 28.5 Å². The second-order valence-corrected chi connectivity index (χ2v) is 4.25. The number of rotatable bonds is 4. The number of carbonyl (C=O) groups is 2. The van der Waals surface area contributed by atoms with Gasteiger partial charge < -0.3 is 14.9 Å². The molecule has 1 aromatic heterocycles. The van der Waals surface area contributed by atoms with E-state index in [1.807, 2.05) is 6.07 Å². The molecule has 20 heavy (non-hydrogen) atoms. The average Bonchev–Trinajstić information content (AvgIpc) is 3.00. The maximum atomic E-state index is 12.0. The van der Waals surface area contributed by atoms with Crippen molar-refractivity contribution in [2.24, 2.45) is 0 Å². The maximum absolute atomic E-state index is 12.0. The Morgan fingerprint density at radius 1 is 1.35 bits per heavy atom. The molecule has 3 rings (SSSR count). The van der Waals surface area contributed by atoms with Crippen LogP contribution in [-0.4, -0.2) is 40.1 Å². The summed E-state index contributed by atoms with van der Waals surface area (Å²) >= 11 is 0. The lowest BCUT2D eigenvalue weighted by Gasteiger charge is -2.13. The first kappa shape index (κ1) is 12.4. The van der Waals surface area contributed by atoms with Crippen molar-refractivity contribution in [2.75, 3.05) is 18.5 Å². The van der Waals surface area contributed by atoms with Crippen LogP contribution in [0.15, 0.2) is 40.7 Å². The molecule has 1 aromatic carbocycles. The quantitative estimate of drug-likeness (QED) is 0.787. The van der Waals surface area contributed by atoms with Crippen molar-refractivity contribution in [3.63, 3.8) is 0 Å². The Balaban J connectivity index is 1.89. The highest BCUT2D eigenvalue weighted by atomic mass is 16.5. The molecule has 1 aliphatic heterocycles. The van der Waals surface area contributed by atoms with Gasteiger partial charge >= 0.3 is 0 Å². The number of carbonyl (C=O) groups excluding carboxylic acids is 2. The van der Waals surface area contributed by atoms with Crippen LogP contribution in [0.4, 0.5) is 5.69 Å². The van der Waals surface area contributed by atoms with Crippen molar-refractivity contribution in [3.8, 4) is 0 Å². The highest BCUT2D eigenvalue weighted by molar-refractivity contribution is 6.17. The number of hydrogen-bond donors (Lipinski definition) is 2. The molecule has 7 nitrogen and oxygen atoms in total. The van der Waals surface area contributed by atoms with Crippen LogP contribution in [0.5, 0.6) is 0 Å². The number of aliphatic hydroxyl groups excluding tert-OH is 1. The van der Waals surface area contributed by atoms with Crippen molar-refractivity contribution in [2.45, 2.75) is 0 Å². The summed E-state index contributed by atoms with van der Waals surface area (Å²) in [5.74, 6) is -0.920. The van der Waals surface area contributed by atoms with Gasteiger partial charge in [-0.1, -0.05) is 11.2 Å². The molecule has 7 heteroatoms. The van der Waals surface area contributed by atoms with Gasteiger partial charge in [0.05, 0.1) is 25.0 Å². The van der Waals surface area contributed by atoms with Gasteiger partial charge in [-0.25, -0.2) is 0 Å². The molecule has 0 aliphatic carbocycles. The molecule has 0 spiro atoms. The largest absolute Gasteiger partial charge is 0.395 e. The fraction of sp³-hybridized carbons (Fsp3) is 0.154. The smallest absolute Gasteiger partial charge is 0.277 e. The van der Waals surface area contributed by atoms with Crippen LogP contribution in [0, 0.1) is 0 Å². The first-order valence-corrected chi connectivity index (χ1v) is 5.99. The lowest BCUT2D eigenvalue weighted by Crippen LogP contribution is -2.34. The van der Waals surface area contributed by atoms with E-state index in [1.54, 1.807) is 18.3 Å². The Hall–Kier alpha value is -2.67. The van der Waals surface area contributed by atoms with E-state index in [0.717, 1.165) is 10.3 Å². The third kappa shape index (κ3) is 1.94. The van der Waals surface area contributed by atoms with Crippen molar-refractivity contribution < 1.29 is 19.2 Å². The highest BCUT2D eigenvalue weighted by Crippen LogP contribution is 2.25. The molecule has 102 valence electrons. The lowest BCUT2D eigenvalue weighted by atomic mass is 10.2. The Kier molecular flexibility index (Phi) is 2.96. The van der Waals surface area contributed by atoms with Gasteiger partial charge in [-0.2, -0.15) is 0 Å². The number of amides is 2. The Morgan fingerprint density at radius 2 is 2.20 bits per heavy atom. The number of fused-ring (bicyclic) bond motifs is 1. The predicted molar refractivity (Wildman–Crippen MR) is 69.5 cm³/mol. The molecule has 0 saturated carbocycles. The number of nitrogens with zero attached hydrogens (tertiary/aromatic N) is 2. The topological polar surface area (TPSA) is 95.7 Å². The minimum atomic E-state index is -0.472. The molecule has 0 saturated heterocycles. The summed E-state index contributed by atoms with van der Waals surface area (Å²) in [6.07, 6.45) is 2.77. The van der Waals surface area contributed by atoms with Crippen LogP contribution in [0.25, 0.3) is 11.0 Å². The zero-order chi connectivity index (χ0) is 14.1. The predicted octanol–water partition coefficient (Wildman–Crippen LogP) is 0.485. The summed E-state index contributed by atoms with van der Waals surface area (Å²) in [4.78, 5) is 24.6. The van der Waals surface area contributed by atoms with Crippen molar-refractivity contribution in [1.82, 2.24) is 10.1 Å². The number of aliphatic hydroxyl groups is 1. The molecule has 0 bridgehead atoms. The molecule has 1 aliphatic rings. The van der Waals surface area contributed by atoms with Gasteiger partial charge in [0, 0.05) is 11.5 Å². The Morgan fingerprint density at radius 3 is 3.00 bits per heavy atom. The molecule has 0 atom stereocenters. The number of imide groups is 1. The van der Waals surface area contributed by atoms with E-state index in [2.05, 4.69) is 10.5 Å². The van der Waals surface area contributed by atoms with E-state index in [1.165, 1.54) is 6.08 Å². The molecular weight excluding hydrogens is 262 g/mol. The molecule has 0 unspecified atom stereocenters. The molecule has 2 N–H and O–H groups in total. The first-order valence-electron chi connectivity index (χ1n) is 5.99. The van der Waals surface area contributed by atoms with Crippen LogP contribution in [-0.2, 0) is 9.59 Å². The number of aromatic nitrogens is 1. The SMILES string of the molecule is O=C1C=C(Nc2cccc3cnoc23)C(=O)N1CCO. The second kappa shape index (κ2) is 4.78. The number of nitrogens with one attached hydrogen (secondary N) is 1. The van der Waals surface area contributed by atoms with Gasteiger partial charge in [0.15, 0.2) is 5.58 Å². The third-order valence-corrected chi connectivity index (χ3v) is 2.98. The van der Waals surface area contributed by atoms with Gasteiger partial charge in [0.25, 0.3) is 11.8 Å². The lowest BCUT2D eigenvalue weighted by molar-refractivity contribution is -0.137.